The predicted molar refractivity (Wildman–Crippen MR) is 83.8 cm³/mol. The van der Waals surface area contributed by atoms with E-state index < -0.39 is 5.97 Å². The van der Waals surface area contributed by atoms with Gasteiger partial charge in [0.05, 0.1) is 18.5 Å². The summed E-state index contributed by atoms with van der Waals surface area (Å²) in [6, 6.07) is 7.49. The Balaban J connectivity index is 2.40. The molecule has 0 radical (unpaired) electrons. The Morgan fingerprint density at radius 1 is 1.38 bits per heavy atom. The molecule has 0 aliphatic rings. The maximum absolute atomic E-state index is 12.0. The molecule has 1 aromatic heterocycles. The van der Waals surface area contributed by atoms with Crippen LogP contribution in [0.4, 0.5) is 17.2 Å². The number of nitrogens with two attached hydrogens (primary N) is 1. The lowest BCUT2D eigenvalue weighted by Gasteiger charge is -2.14. The molecule has 1 aromatic carbocycles. The third-order valence-electron chi connectivity index (χ3n) is 3.26. The lowest BCUT2D eigenvalue weighted by Crippen LogP contribution is -2.10. The number of aryl methyl sites for hydroxylation is 1. The van der Waals surface area contributed by atoms with E-state index in [1.807, 2.05) is 32.0 Å². The van der Waals surface area contributed by atoms with Crippen LogP contribution in [0.25, 0.3) is 0 Å². The van der Waals surface area contributed by atoms with E-state index in [1.54, 1.807) is 13.0 Å². The highest BCUT2D eigenvalue weighted by Crippen LogP contribution is 2.25. The third kappa shape index (κ3) is 3.31. The van der Waals surface area contributed by atoms with Crippen LogP contribution >= 0.6 is 0 Å². The molecule has 0 spiro atoms. The van der Waals surface area contributed by atoms with Crippen LogP contribution in [0.15, 0.2) is 30.5 Å². The van der Waals surface area contributed by atoms with Gasteiger partial charge in [-0.2, -0.15) is 0 Å². The molecular weight excluding hydrogens is 266 g/mol. The maximum atomic E-state index is 12.0. The topological polar surface area (TPSA) is 77.2 Å². The Morgan fingerprint density at radius 3 is 2.86 bits per heavy atom. The zero-order chi connectivity index (χ0) is 15.4. The van der Waals surface area contributed by atoms with Gasteiger partial charge in [0.25, 0.3) is 0 Å². The molecule has 0 unspecified atom stereocenters. The first-order valence-electron chi connectivity index (χ1n) is 6.78. The van der Waals surface area contributed by atoms with Crippen molar-refractivity contribution < 1.29 is 9.53 Å². The van der Waals surface area contributed by atoms with Gasteiger partial charge in [-0.15, -0.1) is 0 Å². The van der Waals surface area contributed by atoms with Crippen LogP contribution in [0, 0.1) is 13.8 Å². The monoisotopic (exact) mass is 285 g/mol. The first kappa shape index (κ1) is 14.8. The maximum Gasteiger partial charge on any atom is 0.341 e. The van der Waals surface area contributed by atoms with Crippen LogP contribution in [0.3, 0.4) is 0 Å². The number of nitrogens with zero attached hydrogens (tertiary/aromatic N) is 1. The highest BCUT2D eigenvalue weighted by Gasteiger charge is 2.15. The fourth-order valence-electron chi connectivity index (χ4n) is 1.96. The van der Waals surface area contributed by atoms with Gasteiger partial charge in [-0.1, -0.05) is 12.1 Å². The van der Waals surface area contributed by atoms with Crippen LogP contribution in [0.5, 0.6) is 0 Å². The van der Waals surface area contributed by atoms with Crippen LogP contribution in [-0.2, 0) is 4.74 Å². The molecule has 5 heteroatoms. The van der Waals surface area contributed by atoms with Gasteiger partial charge in [-0.25, -0.2) is 9.78 Å². The third-order valence-corrected chi connectivity index (χ3v) is 3.26. The minimum atomic E-state index is -0.440. The van der Waals surface area contributed by atoms with E-state index in [0.29, 0.717) is 23.7 Å². The van der Waals surface area contributed by atoms with Gasteiger partial charge in [0.15, 0.2) is 0 Å². The molecule has 5 nitrogen and oxygen atoms in total. The van der Waals surface area contributed by atoms with Crippen molar-refractivity contribution in [1.82, 2.24) is 4.98 Å². The van der Waals surface area contributed by atoms with Crippen molar-refractivity contribution in [3.05, 3.63) is 47.2 Å². The summed E-state index contributed by atoms with van der Waals surface area (Å²) in [7, 11) is 0. The lowest BCUT2D eigenvalue weighted by molar-refractivity contribution is 0.0527. The zero-order valence-electron chi connectivity index (χ0n) is 12.4. The number of carbonyl (C=O) groups excluding carboxylic acids is 1. The Hall–Kier alpha value is -2.56. The number of anilines is 3. The van der Waals surface area contributed by atoms with E-state index in [1.165, 1.54) is 6.20 Å². The Morgan fingerprint density at radius 2 is 2.14 bits per heavy atom. The number of hydrogen-bond donors (Lipinski definition) is 2. The number of nitrogen functional groups attached to an aromatic ring is 1. The largest absolute Gasteiger partial charge is 0.462 e. The highest BCUT2D eigenvalue weighted by atomic mass is 16.5. The highest BCUT2D eigenvalue weighted by molar-refractivity contribution is 5.96. The van der Waals surface area contributed by atoms with Crippen molar-refractivity contribution in [2.75, 3.05) is 17.7 Å². The number of ether oxygens (including phenoxy) is 1. The molecule has 0 fully saturated rings. The summed E-state index contributed by atoms with van der Waals surface area (Å²) in [5, 5.41) is 3.18. The molecule has 0 atom stereocenters. The second-order valence-electron chi connectivity index (χ2n) is 4.76. The molecule has 0 aliphatic carbocycles. The number of benzene rings is 1. The summed E-state index contributed by atoms with van der Waals surface area (Å²) in [6.45, 7) is 6.11. The summed E-state index contributed by atoms with van der Waals surface area (Å²) in [4.78, 5) is 16.2. The van der Waals surface area contributed by atoms with E-state index >= 15 is 0 Å². The molecular formula is C16H19N3O2. The Labute approximate surface area is 124 Å². The number of pyridine rings is 1. The molecule has 0 saturated heterocycles. The van der Waals surface area contributed by atoms with Gasteiger partial charge in [-0.05, 0) is 44.0 Å². The molecule has 0 saturated carbocycles. The van der Waals surface area contributed by atoms with Gasteiger partial charge in [-0.3, -0.25) is 0 Å². The molecule has 0 amide bonds. The van der Waals surface area contributed by atoms with Crippen molar-refractivity contribution in [2.24, 2.45) is 0 Å². The van der Waals surface area contributed by atoms with Crippen molar-refractivity contribution in [1.29, 1.82) is 0 Å². The molecule has 110 valence electrons. The summed E-state index contributed by atoms with van der Waals surface area (Å²) >= 11 is 0. The van der Waals surface area contributed by atoms with Crippen LogP contribution in [0.2, 0.25) is 0 Å². The standard InChI is InChI=1S/C16H19N3O2/c1-4-21-16(20)13-8-12(17)9-18-15(13)19-14-7-5-6-10(2)11(14)3/h5-9H,4,17H2,1-3H3,(H,18,19). The Bertz CT molecular complexity index is 669. The van der Waals surface area contributed by atoms with Crippen molar-refractivity contribution in [3.63, 3.8) is 0 Å². The van der Waals surface area contributed by atoms with Crippen molar-refractivity contribution in [2.45, 2.75) is 20.8 Å². The number of hydrogen-bond acceptors (Lipinski definition) is 5. The number of aromatic nitrogens is 1. The van der Waals surface area contributed by atoms with E-state index in [0.717, 1.165) is 16.8 Å². The molecule has 2 aromatic rings. The van der Waals surface area contributed by atoms with Gasteiger partial charge in [0, 0.05) is 5.69 Å². The quantitative estimate of drug-likeness (QED) is 0.843. The number of rotatable bonds is 4. The normalized spacial score (nSPS) is 10.2. The lowest BCUT2D eigenvalue weighted by atomic mass is 10.1. The zero-order valence-corrected chi connectivity index (χ0v) is 12.4. The van der Waals surface area contributed by atoms with E-state index in [-0.39, 0.29) is 0 Å². The predicted octanol–water partition coefficient (Wildman–Crippen LogP) is 3.20. The van der Waals surface area contributed by atoms with E-state index in [2.05, 4.69) is 10.3 Å². The SMILES string of the molecule is CCOC(=O)c1cc(N)cnc1Nc1cccc(C)c1C. The Kier molecular flexibility index (Phi) is 4.42. The number of nitrogens with one attached hydrogen (secondary N) is 1. The molecule has 2 rings (SSSR count). The number of carbonyl (C=O) groups is 1. The van der Waals surface area contributed by atoms with Crippen molar-refractivity contribution >= 4 is 23.2 Å². The van der Waals surface area contributed by atoms with E-state index in [9.17, 15) is 4.79 Å². The summed E-state index contributed by atoms with van der Waals surface area (Å²) < 4.78 is 5.04. The molecule has 3 N–H and O–H groups in total. The van der Waals surface area contributed by atoms with Crippen molar-refractivity contribution in [3.8, 4) is 0 Å². The molecule has 1 heterocycles. The van der Waals surface area contributed by atoms with Crippen LogP contribution < -0.4 is 11.1 Å². The molecule has 0 bridgehead atoms. The minimum absolute atomic E-state index is 0.302. The molecule has 0 aliphatic heterocycles. The average molecular weight is 285 g/mol. The smallest absolute Gasteiger partial charge is 0.341 e. The summed E-state index contributed by atoms with van der Waals surface area (Å²) in [5.74, 6) is 0.00135. The second kappa shape index (κ2) is 6.26. The molecule has 21 heavy (non-hydrogen) atoms. The fourth-order valence-corrected chi connectivity index (χ4v) is 1.96. The summed E-state index contributed by atoms with van der Waals surface area (Å²) in [5.41, 5.74) is 9.63. The van der Waals surface area contributed by atoms with Gasteiger partial charge in [0.1, 0.15) is 11.4 Å². The van der Waals surface area contributed by atoms with Crippen LogP contribution in [0.1, 0.15) is 28.4 Å². The fraction of sp³-hybridized carbons (Fsp3) is 0.250. The first-order chi connectivity index (χ1) is 10.0. The summed E-state index contributed by atoms with van der Waals surface area (Å²) in [6.07, 6.45) is 1.51. The second-order valence-corrected chi connectivity index (χ2v) is 4.76. The van der Waals surface area contributed by atoms with E-state index in [4.69, 9.17) is 10.5 Å². The number of esters is 1. The average Bonchev–Trinajstić information content (AvgIpc) is 2.46. The van der Waals surface area contributed by atoms with Gasteiger partial charge in [0.2, 0.25) is 0 Å². The van der Waals surface area contributed by atoms with Gasteiger partial charge < -0.3 is 15.8 Å². The van der Waals surface area contributed by atoms with Crippen LogP contribution in [-0.4, -0.2) is 17.6 Å². The van der Waals surface area contributed by atoms with Gasteiger partial charge >= 0.3 is 5.97 Å². The first-order valence-corrected chi connectivity index (χ1v) is 6.78. The minimum Gasteiger partial charge on any atom is -0.462 e.